The minimum atomic E-state index is -2.81. The molecule has 0 unspecified atom stereocenters. The van der Waals surface area contributed by atoms with E-state index in [0.717, 1.165) is 0 Å². The first-order valence-corrected chi connectivity index (χ1v) is 4.31. The van der Waals surface area contributed by atoms with Crippen LogP contribution in [0.2, 0.25) is 0 Å². The summed E-state index contributed by atoms with van der Waals surface area (Å²) < 4.78 is 9.54. The zero-order valence-electron chi connectivity index (χ0n) is 4.87. The van der Waals surface area contributed by atoms with Gasteiger partial charge in [0.25, 0.3) is 0 Å². The summed E-state index contributed by atoms with van der Waals surface area (Å²) in [6.45, 7) is 0.803. The SMILES string of the molecule is C#CC[P+]1([O-])OCCO1. The second kappa shape index (κ2) is 2.64. The van der Waals surface area contributed by atoms with Crippen LogP contribution in [0.25, 0.3) is 0 Å². The predicted molar refractivity (Wildman–Crippen MR) is 32.5 cm³/mol. The molecule has 0 atom stereocenters. The van der Waals surface area contributed by atoms with Crippen molar-refractivity contribution >= 4 is 7.94 Å². The largest absolute Gasteiger partial charge is 0.631 e. The van der Waals surface area contributed by atoms with Gasteiger partial charge in [0, 0.05) is 0 Å². The summed E-state index contributed by atoms with van der Waals surface area (Å²) in [4.78, 5) is 11.0. The fourth-order valence-electron chi connectivity index (χ4n) is 0.593. The fourth-order valence-corrected chi connectivity index (χ4v) is 1.78. The van der Waals surface area contributed by atoms with Crippen molar-refractivity contribution in [1.82, 2.24) is 0 Å². The summed E-state index contributed by atoms with van der Waals surface area (Å²) in [6, 6.07) is 0. The quantitative estimate of drug-likeness (QED) is 0.379. The van der Waals surface area contributed by atoms with Crippen molar-refractivity contribution in [2.24, 2.45) is 0 Å². The molecule has 4 heteroatoms. The molecule has 0 bridgehead atoms. The lowest BCUT2D eigenvalue weighted by Crippen LogP contribution is -2.11. The van der Waals surface area contributed by atoms with Crippen LogP contribution in [0, 0.1) is 12.3 Å². The molecule has 0 radical (unpaired) electrons. The van der Waals surface area contributed by atoms with Crippen LogP contribution in [0.15, 0.2) is 0 Å². The second-order valence-corrected chi connectivity index (χ2v) is 3.69. The summed E-state index contributed by atoms with van der Waals surface area (Å²) in [5.74, 6) is 2.24. The van der Waals surface area contributed by atoms with Gasteiger partial charge in [-0.3, -0.25) is 0 Å². The van der Waals surface area contributed by atoms with Gasteiger partial charge in [0.05, 0.1) is 0 Å². The van der Waals surface area contributed by atoms with E-state index in [1.165, 1.54) is 0 Å². The molecule has 0 spiro atoms. The van der Waals surface area contributed by atoms with Gasteiger partial charge >= 0.3 is 0 Å². The molecule has 0 aliphatic carbocycles. The first-order valence-electron chi connectivity index (χ1n) is 2.58. The van der Waals surface area contributed by atoms with Gasteiger partial charge in [-0.25, -0.2) is 9.05 Å². The van der Waals surface area contributed by atoms with Gasteiger partial charge < -0.3 is 4.89 Å². The molecule has 1 aliphatic rings. The third-order valence-electron chi connectivity index (χ3n) is 0.944. The normalized spacial score (nSPS) is 23.6. The minimum absolute atomic E-state index is 0.0903. The summed E-state index contributed by atoms with van der Waals surface area (Å²) in [5.41, 5.74) is 0. The Hall–Kier alpha value is -0.130. The molecule has 1 aliphatic heterocycles. The Balaban J connectivity index is 2.43. The average Bonchev–Trinajstić information content (AvgIpc) is 2.16. The van der Waals surface area contributed by atoms with Gasteiger partial charge in [-0.05, 0) is 0 Å². The van der Waals surface area contributed by atoms with E-state index in [4.69, 9.17) is 15.5 Å². The third kappa shape index (κ3) is 1.64. The van der Waals surface area contributed by atoms with Gasteiger partial charge in [-0.1, -0.05) is 5.92 Å². The highest BCUT2D eigenvalue weighted by molar-refractivity contribution is 7.59. The van der Waals surface area contributed by atoms with Gasteiger partial charge in [0.1, 0.15) is 13.2 Å². The van der Waals surface area contributed by atoms with Crippen molar-refractivity contribution in [3.63, 3.8) is 0 Å². The molecule has 0 aromatic heterocycles. The third-order valence-corrected chi connectivity index (χ3v) is 2.67. The Bertz CT molecular complexity index is 134. The molecule has 0 N–H and O–H groups in total. The van der Waals surface area contributed by atoms with Crippen molar-refractivity contribution in [3.8, 4) is 12.3 Å². The molecule has 1 heterocycles. The maximum Gasteiger partial charge on any atom is 0.249 e. The van der Waals surface area contributed by atoms with E-state index in [0.29, 0.717) is 13.2 Å². The fraction of sp³-hybridized carbons (Fsp3) is 0.600. The molecule has 0 aromatic rings. The van der Waals surface area contributed by atoms with Crippen molar-refractivity contribution in [3.05, 3.63) is 0 Å². The molecule has 3 nitrogen and oxygen atoms in total. The van der Waals surface area contributed by atoms with Gasteiger partial charge in [0.15, 0.2) is 6.16 Å². The van der Waals surface area contributed by atoms with E-state index in [2.05, 4.69) is 5.92 Å². The molecule has 0 saturated carbocycles. The van der Waals surface area contributed by atoms with Crippen LogP contribution in [0.4, 0.5) is 0 Å². The van der Waals surface area contributed by atoms with Crippen molar-refractivity contribution in [1.29, 1.82) is 0 Å². The van der Waals surface area contributed by atoms with Crippen molar-refractivity contribution in [2.45, 2.75) is 0 Å². The summed E-state index contributed by atoms with van der Waals surface area (Å²) in [6.07, 6.45) is 5.00. The van der Waals surface area contributed by atoms with Crippen LogP contribution in [-0.4, -0.2) is 19.4 Å². The van der Waals surface area contributed by atoms with E-state index < -0.39 is 7.94 Å². The molecule has 0 aromatic carbocycles. The Morgan fingerprint density at radius 2 is 2.11 bits per heavy atom. The maximum atomic E-state index is 11.0. The molecule has 1 rings (SSSR count). The molecule has 0 amide bonds. The Morgan fingerprint density at radius 3 is 2.56 bits per heavy atom. The van der Waals surface area contributed by atoms with E-state index in [1.807, 2.05) is 0 Å². The van der Waals surface area contributed by atoms with Crippen LogP contribution in [-0.2, 0) is 9.05 Å². The lowest BCUT2D eigenvalue weighted by atomic mass is 10.8. The topological polar surface area (TPSA) is 41.5 Å². The van der Waals surface area contributed by atoms with Gasteiger partial charge in [0.2, 0.25) is 7.94 Å². The molecule has 50 valence electrons. The Kier molecular flexibility index (Phi) is 2.05. The molecular formula is C5H7O3P. The highest BCUT2D eigenvalue weighted by Crippen LogP contribution is 2.54. The number of terminal acetylenes is 1. The summed E-state index contributed by atoms with van der Waals surface area (Å²) >= 11 is 0. The van der Waals surface area contributed by atoms with Gasteiger partial charge in [-0.2, -0.15) is 0 Å². The van der Waals surface area contributed by atoms with Crippen molar-refractivity contribution < 1.29 is 13.9 Å². The molecule has 9 heavy (non-hydrogen) atoms. The van der Waals surface area contributed by atoms with E-state index in [1.54, 1.807) is 0 Å². The summed E-state index contributed by atoms with van der Waals surface area (Å²) in [7, 11) is -2.81. The lowest BCUT2D eigenvalue weighted by molar-refractivity contribution is -0.206. The second-order valence-electron chi connectivity index (χ2n) is 1.64. The minimum Gasteiger partial charge on any atom is -0.631 e. The molecular weight excluding hydrogens is 139 g/mol. The Morgan fingerprint density at radius 1 is 1.56 bits per heavy atom. The Labute approximate surface area is 54.6 Å². The highest BCUT2D eigenvalue weighted by Gasteiger charge is 2.34. The number of hydrogen-bond acceptors (Lipinski definition) is 3. The van der Waals surface area contributed by atoms with E-state index in [-0.39, 0.29) is 6.16 Å². The monoisotopic (exact) mass is 146 g/mol. The smallest absolute Gasteiger partial charge is 0.249 e. The van der Waals surface area contributed by atoms with Crippen LogP contribution < -0.4 is 4.89 Å². The standard InChI is InChI=1S/C5H7O3P/c1-2-5-9(6)7-3-4-8-9/h1H,3-5H2. The van der Waals surface area contributed by atoms with Gasteiger partial charge in [-0.15, -0.1) is 6.42 Å². The van der Waals surface area contributed by atoms with E-state index >= 15 is 0 Å². The zero-order valence-corrected chi connectivity index (χ0v) is 5.77. The lowest BCUT2D eigenvalue weighted by Gasteiger charge is -2.16. The number of hydrogen-bond donors (Lipinski definition) is 0. The molecule has 1 fully saturated rings. The van der Waals surface area contributed by atoms with E-state index in [9.17, 15) is 4.89 Å². The summed E-state index contributed by atoms with van der Waals surface area (Å²) in [5, 5.41) is 0. The van der Waals surface area contributed by atoms with Crippen LogP contribution >= 0.6 is 7.94 Å². The van der Waals surface area contributed by atoms with Crippen LogP contribution in [0.3, 0.4) is 0 Å². The number of rotatable bonds is 1. The van der Waals surface area contributed by atoms with Crippen LogP contribution in [0.1, 0.15) is 0 Å². The average molecular weight is 146 g/mol. The predicted octanol–water partition coefficient (Wildman–Crippen LogP) is -0.211. The highest BCUT2D eigenvalue weighted by atomic mass is 31.2. The molecule has 1 saturated heterocycles. The van der Waals surface area contributed by atoms with Crippen LogP contribution in [0.5, 0.6) is 0 Å². The first-order chi connectivity index (χ1) is 4.27. The first kappa shape index (κ1) is 6.98. The zero-order chi connectivity index (χ0) is 6.74. The van der Waals surface area contributed by atoms with Crippen molar-refractivity contribution in [2.75, 3.05) is 19.4 Å². The maximum absolute atomic E-state index is 11.0.